The molecule has 0 saturated carbocycles. The van der Waals surface area contributed by atoms with Crippen molar-refractivity contribution in [2.75, 3.05) is 0 Å². The van der Waals surface area contributed by atoms with Gasteiger partial charge in [-0.1, -0.05) is 18.6 Å². The van der Waals surface area contributed by atoms with Gasteiger partial charge in [-0.2, -0.15) is 0 Å². The molecule has 0 saturated heterocycles. The number of carbonyl (C=O) groups is 1. The Labute approximate surface area is 95.7 Å². The molecule has 0 fully saturated rings. The van der Waals surface area contributed by atoms with Crippen molar-refractivity contribution in [1.29, 1.82) is 0 Å². The monoisotopic (exact) mass is 222 g/mol. The van der Waals surface area contributed by atoms with Crippen LogP contribution < -0.4 is 0 Å². The molecule has 0 radical (unpaired) electrons. The highest BCUT2D eigenvalue weighted by Gasteiger charge is 2.02. The summed E-state index contributed by atoms with van der Waals surface area (Å²) in [7, 11) is 0. The van der Waals surface area contributed by atoms with Gasteiger partial charge in [0.1, 0.15) is 5.75 Å². The van der Waals surface area contributed by atoms with Crippen LogP contribution in [0.25, 0.3) is 0 Å². The summed E-state index contributed by atoms with van der Waals surface area (Å²) in [6.45, 7) is 1.90. The number of carboxylic acid groups (broad SMARTS) is 1. The summed E-state index contributed by atoms with van der Waals surface area (Å²) in [5, 5.41) is 18.0. The molecule has 1 rings (SSSR count). The van der Waals surface area contributed by atoms with E-state index >= 15 is 0 Å². The third-order valence-electron chi connectivity index (χ3n) is 2.75. The lowest BCUT2D eigenvalue weighted by atomic mass is 10.0. The predicted octanol–water partition coefficient (Wildman–Crippen LogP) is 2.89. The van der Waals surface area contributed by atoms with Crippen molar-refractivity contribution in [3.8, 4) is 5.75 Å². The van der Waals surface area contributed by atoms with Gasteiger partial charge in [0.2, 0.25) is 0 Å². The number of phenolic OH excluding ortho intramolecular Hbond substituents is 1. The third kappa shape index (κ3) is 3.93. The molecule has 2 N–H and O–H groups in total. The number of unbranched alkanes of at least 4 members (excludes halogenated alkanes) is 2. The maximum Gasteiger partial charge on any atom is 0.303 e. The van der Waals surface area contributed by atoms with Crippen molar-refractivity contribution < 1.29 is 15.0 Å². The van der Waals surface area contributed by atoms with Crippen LogP contribution in [0.15, 0.2) is 18.2 Å². The SMILES string of the molecule is Cc1c(O)cccc1CCCCCC(=O)O. The minimum Gasteiger partial charge on any atom is -0.508 e. The van der Waals surface area contributed by atoms with Crippen LogP contribution in [-0.2, 0) is 11.2 Å². The normalized spacial score (nSPS) is 10.3. The standard InChI is InChI=1S/C13H18O3/c1-10-11(7-5-8-12(10)14)6-3-2-4-9-13(15)16/h5,7-8,14H,2-4,6,9H2,1H3,(H,15,16). The second kappa shape index (κ2) is 6.16. The molecule has 0 amide bonds. The number of aliphatic carboxylic acids is 1. The van der Waals surface area contributed by atoms with Gasteiger partial charge in [0.25, 0.3) is 0 Å². The van der Waals surface area contributed by atoms with E-state index in [1.54, 1.807) is 6.07 Å². The van der Waals surface area contributed by atoms with Crippen LogP contribution in [0, 0.1) is 6.92 Å². The molecule has 0 heterocycles. The second-order valence-electron chi connectivity index (χ2n) is 4.02. The summed E-state index contributed by atoms with van der Waals surface area (Å²) >= 11 is 0. The lowest BCUT2D eigenvalue weighted by Gasteiger charge is -2.06. The van der Waals surface area contributed by atoms with Gasteiger partial charge in [-0.15, -0.1) is 0 Å². The lowest BCUT2D eigenvalue weighted by molar-refractivity contribution is -0.137. The Bertz CT molecular complexity index is 358. The molecule has 0 unspecified atom stereocenters. The van der Waals surface area contributed by atoms with Crippen LogP contribution in [0.2, 0.25) is 0 Å². The average molecular weight is 222 g/mol. The fourth-order valence-corrected chi connectivity index (χ4v) is 1.71. The first kappa shape index (κ1) is 12.6. The van der Waals surface area contributed by atoms with Crippen LogP contribution in [0.1, 0.15) is 36.8 Å². The van der Waals surface area contributed by atoms with E-state index in [-0.39, 0.29) is 6.42 Å². The summed E-state index contributed by atoms with van der Waals surface area (Å²) in [6.07, 6.45) is 3.77. The highest BCUT2D eigenvalue weighted by Crippen LogP contribution is 2.21. The first-order chi connectivity index (χ1) is 7.61. The van der Waals surface area contributed by atoms with Crippen molar-refractivity contribution in [3.05, 3.63) is 29.3 Å². The summed E-state index contributed by atoms with van der Waals surface area (Å²) in [5.41, 5.74) is 2.08. The summed E-state index contributed by atoms with van der Waals surface area (Å²) < 4.78 is 0. The Morgan fingerprint density at radius 1 is 1.25 bits per heavy atom. The summed E-state index contributed by atoms with van der Waals surface area (Å²) in [4.78, 5) is 10.3. The number of hydrogen-bond donors (Lipinski definition) is 2. The van der Waals surface area contributed by atoms with Gasteiger partial charge in [0.15, 0.2) is 0 Å². The largest absolute Gasteiger partial charge is 0.508 e. The van der Waals surface area contributed by atoms with Gasteiger partial charge in [0.05, 0.1) is 0 Å². The Hall–Kier alpha value is -1.51. The van der Waals surface area contributed by atoms with E-state index in [9.17, 15) is 9.90 Å². The van der Waals surface area contributed by atoms with E-state index in [0.29, 0.717) is 5.75 Å². The molecule has 1 aromatic carbocycles. The predicted molar refractivity (Wildman–Crippen MR) is 62.7 cm³/mol. The maximum atomic E-state index is 10.3. The van der Waals surface area contributed by atoms with E-state index in [2.05, 4.69) is 0 Å². The molecule has 1 aromatic rings. The van der Waals surface area contributed by atoms with Crippen LogP contribution >= 0.6 is 0 Å². The lowest BCUT2D eigenvalue weighted by Crippen LogP contribution is -1.95. The van der Waals surface area contributed by atoms with Crippen LogP contribution in [0.4, 0.5) is 0 Å². The van der Waals surface area contributed by atoms with Crippen LogP contribution in [0.3, 0.4) is 0 Å². The van der Waals surface area contributed by atoms with E-state index in [4.69, 9.17) is 5.11 Å². The smallest absolute Gasteiger partial charge is 0.303 e. The van der Waals surface area contributed by atoms with E-state index in [1.807, 2.05) is 19.1 Å². The molecule has 16 heavy (non-hydrogen) atoms. The van der Waals surface area contributed by atoms with Gasteiger partial charge in [-0.25, -0.2) is 0 Å². The first-order valence-electron chi connectivity index (χ1n) is 5.60. The molecule has 0 atom stereocenters. The minimum atomic E-state index is -0.728. The average Bonchev–Trinajstić information content (AvgIpc) is 2.23. The van der Waals surface area contributed by atoms with E-state index in [1.165, 1.54) is 0 Å². The zero-order valence-electron chi connectivity index (χ0n) is 9.57. The van der Waals surface area contributed by atoms with Gasteiger partial charge in [-0.3, -0.25) is 4.79 Å². The highest BCUT2D eigenvalue weighted by atomic mass is 16.4. The Morgan fingerprint density at radius 3 is 2.69 bits per heavy atom. The number of carboxylic acids is 1. The zero-order chi connectivity index (χ0) is 12.0. The number of hydrogen-bond acceptors (Lipinski definition) is 2. The minimum absolute atomic E-state index is 0.249. The summed E-state index contributed by atoms with van der Waals surface area (Å²) in [6, 6.07) is 5.53. The van der Waals surface area contributed by atoms with Crippen molar-refractivity contribution in [2.45, 2.75) is 39.0 Å². The maximum absolute atomic E-state index is 10.3. The number of aromatic hydroxyl groups is 1. The molecule has 0 spiro atoms. The Kier molecular flexibility index (Phi) is 4.83. The third-order valence-corrected chi connectivity index (χ3v) is 2.75. The van der Waals surface area contributed by atoms with Crippen LogP contribution in [-0.4, -0.2) is 16.2 Å². The molecule has 0 aliphatic rings. The number of aryl methyl sites for hydroxylation is 1. The molecule has 3 heteroatoms. The van der Waals surface area contributed by atoms with Gasteiger partial charge in [0, 0.05) is 6.42 Å². The van der Waals surface area contributed by atoms with Crippen molar-refractivity contribution >= 4 is 5.97 Å². The molecule has 0 aromatic heterocycles. The highest BCUT2D eigenvalue weighted by molar-refractivity contribution is 5.66. The van der Waals surface area contributed by atoms with Gasteiger partial charge in [-0.05, 0) is 43.4 Å². The fourth-order valence-electron chi connectivity index (χ4n) is 1.71. The fraction of sp³-hybridized carbons (Fsp3) is 0.462. The van der Waals surface area contributed by atoms with Crippen molar-refractivity contribution in [3.63, 3.8) is 0 Å². The molecule has 88 valence electrons. The number of rotatable bonds is 6. The number of benzene rings is 1. The van der Waals surface area contributed by atoms with Crippen molar-refractivity contribution in [1.82, 2.24) is 0 Å². The Balaban J connectivity index is 2.32. The van der Waals surface area contributed by atoms with E-state index < -0.39 is 5.97 Å². The Morgan fingerprint density at radius 2 is 2.00 bits per heavy atom. The zero-order valence-corrected chi connectivity index (χ0v) is 9.57. The molecule has 0 aliphatic carbocycles. The first-order valence-corrected chi connectivity index (χ1v) is 5.60. The molecular formula is C13H18O3. The molecule has 0 aliphatic heterocycles. The van der Waals surface area contributed by atoms with Crippen LogP contribution in [0.5, 0.6) is 5.75 Å². The second-order valence-corrected chi connectivity index (χ2v) is 4.02. The topological polar surface area (TPSA) is 57.5 Å². The van der Waals surface area contributed by atoms with E-state index in [0.717, 1.165) is 36.8 Å². The molecule has 3 nitrogen and oxygen atoms in total. The molecular weight excluding hydrogens is 204 g/mol. The molecule has 0 bridgehead atoms. The van der Waals surface area contributed by atoms with Gasteiger partial charge < -0.3 is 10.2 Å². The van der Waals surface area contributed by atoms with Crippen molar-refractivity contribution in [2.24, 2.45) is 0 Å². The number of phenols is 1. The summed E-state index contributed by atoms with van der Waals surface area (Å²) in [5.74, 6) is -0.392. The quantitative estimate of drug-likeness (QED) is 0.727. The van der Waals surface area contributed by atoms with Gasteiger partial charge >= 0.3 is 5.97 Å².